The summed E-state index contributed by atoms with van der Waals surface area (Å²) in [5.74, 6) is -0.494. The zero-order chi connectivity index (χ0) is 7.61. The van der Waals surface area contributed by atoms with Gasteiger partial charge in [-0.3, -0.25) is 0 Å². The lowest BCUT2D eigenvalue weighted by atomic mass is 10.2. The normalized spacial score (nSPS) is 24.4. The molecule has 0 amide bonds. The van der Waals surface area contributed by atoms with Crippen molar-refractivity contribution in [3.05, 3.63) is 11.8 Å². The second-order valence-electron chi connectivity index (χ2n) is 2.76. The van der Waals surface area contributed by atoms with E-state index in [2.05, 4.69) is 0 Å². The van der Waals surface area contributed by atoms with Gasteiger partial charge in [-0.05, 0) is 13.8 Å². The van der Waals surface area contributed by atoms with Crippen molar-refractivity contribution in [2.75, 3.05) is 13.2 Å². The van der Waals surface area contributed by atoms with E-state index in [1.54, 1.807) is 0 Å². The molecule has 0 unspecified atom stereocenters. The predicted molar refractivity (Wildman–Crippen MR) is 36.7 cm³/mol. The summed E-state index contributed by atoms with van der Waals surface area (Å²) in [6.45, 7) is 4.62. The van der Waals surface area contributed by atoms with Crippen LogP contribution >= 0.6 is 0 Å². The van der Waals surface area contributed by atoms with E-state index in [4.69, 9.17) is 14.6 Å². The molecule has 1 aliphatic heterocycles. The molecule has 0 aromatic rings. The molecule has 1 rings (SSSR count). The monoisotopic (exact) mass is 144 g/mol. The third kappa shape index (κ3) is 1.72. The first-order valence-electron chi connectivity index (χ1n) is 3.24. The van der Waals surface area contributed by atoms with Crippen molar-refractivity contribution in [1.82, 2.24) is 0 Å². The van der Waals surface area contributed by atoms with Gasteiger partial charge >= 0.3 is 0 Å². The van der Waals surface area contributed by atoms with Crippen LogP contribution in [0.15, 0.2) is 11.8 Å². The Hall–Kier alpha value is -0.540. The van der Waals surface area contributed by atoms with Crippen LogP contribution in [-0.2, 0) is 9.47 Å². The van der Waals surface area contributed by atoms with E-state index in [-0.39, 0.29) is 0 Å². The highest BCUT2D eigenvalue weighted by Gasteiger charge is 2.24. The Morgan fingerprint density at radius 3 is 2.30 bits per heavy atom. The Bertz CT molecular complexity index is 137. The summed E-state index contributed by atoms with van der Waals surface area (Å²) in [7, 11) is 0. The van der Waals surface area contributed by atoms with Crippen LogP contribution in [0.3, 0.4) is 0 Å². The standard InChI is InChI=1S/C7H12O3/c1-7(2)9-4-6(3-8)5-10-7/h3,8H,4-5H2,1-2H3. The summed E-state index contributed by atoms with van der Waals surface area (Å²) in [4.78, 5) is 0. The molecule has 3 nitrogen and oxygen atoms in total. The number of aliphatic hydroxyl groups excluding tert-OH is 1. The van der Waals surface area contributed by atoms with Crippen molar-refractivity contribution in [2.45, 2.75) is 19.6 Å². The Kier molecular flexibility index (Phi) is 1.97. The third-order valence-corrected chi connectivity index (χ3v) is 1.39. The first kappa shape index (κ1) is 7.57. The van der Waals surface area contributed by atoms with Crippen molar-refractivity contribution in [2.24, 2.45) is 0 Å². The van der Waals surface area contributed by atoms with Gasteiger partial charge in [0.1, 0.15) is 0 Å². The van der Waals surface area contributed by atoms with Crippen LogP contribution in [0, 0.1) is 0 Å². The molecular weight excluding hydrogens is 132 g/mol. The summed E-state index contributed by atoms with van der Waals surface area (Å²) in [5, 5.41) is 8.54. The van der Waals surface area contributed by atoms with Gasteiger partial charge in [-0.2, -0.15) is 0 Å². The maximum Gasteiger partial charge on any atom is 0.163 e. The van der Waals surface area contributed by atoms with E-state index in [1.807, 2.05) is 13.8 Å². The van der Waals surface area contributed by atoms with E-state index in [9.17, 15) is 0 Å². The summed E-state index contributed by atoms with van der Waals surface area (Å²) in [6, 6.07) is 0. The highest BCUT2D eigenvalue weighted by molar-refractivity contribution is 5.00. The first-order valence-corrected chi connectivity index (χ1v) is 3.24. The van der Waals surface area contributed by atoms with E-state index in [0.717, 1.165) is 11.8 Å². The maximum atomic E-state index is 8.54. The molecule has 0 radical (unpaired) electrons. The van der Waals surface area contributed by atoms with Gasteiger partial charge in [0.2, 0.25) is 0 Å². The van der Waals surface area contributed by atoms with E-state index in [1.165, 1.54) is 0 Å². The van der Waals surface area contributed by atoms with Gasteiger partial charge in [0, 0.05) is 5.57 Å². The predicted octanol–water partition coefficient (Wildman–Crippen LogP) is 1.21. The molecule has 0 atom stereocenters. The lowest BCUT2D eigenvalue weighted by molar-refractivity contribution is -0.226. The van der Waals surface area contributed by atoms with E-state index < -0.39 is 5.79 Å². The van der Waals surface area contributed by atoms with Crippen LogP contribution in [0.4, 0.5) is 0 Å². The zero-order valence-electron chi connectivity index (χ0n) is 6.26. The quantitative estimate of drug-likeness (QED) is 0.519. The Labute approximate surface area is 60.3 Å². The second-order valence-corrected chi connectivity index (χ2v) is 2.76. The van der Waals surface area contributed by atoms with Gasteiger partial charge in [0.05, 0.1) is 19.5 Å². The number of hydrogen-bond acceptors (Lipinski definition) is 3. The summed E-state index contributed by atoms with van der Waals surface area (Å²) in [6.07, 6.45) is 1.04. The van der Waals surface area contributed by atoms with E-state index in [0.29, 0.717) is 13.2 Å². The molecule has 1 N–H and O–H groups in total. The lowest BCUT2D eigenvalue weighted by Crippen LogP contribution is -2.35. The average molecular weight is 144 g/mol. The fraction of sp³-hybridized carbons (Fsp3) is 0.714. The molecule has 0 aromatic heterocycles. The SMILES string of the molecule is CC1(C)OCC(=CO)CO1. The summed E-state index contributed by atoms with van der Waals surface area (Å²) >= 11 is 0. The Morgan fingerprint density at radius 2 is 1.90 bits per heavy atom. The van der Waals surface area contributed by atoms with Crippen molar-refractivity contribution in [3.63, 3.8) is 0 Å². The smallest absolute Gasteiger partial charge is 0.163 e. The molecule has 0 saturated carbocycles. The summed E-state index contributed by atoms with van der Waals surface area (Å²) in [5.41, 5.74) is 0.777. The van der Waals surface area contributed by atoms with Crippen molar-refractivity contribution in [3.8, 4) is 0 Å². The largest absolute Gasteiger partial charge is 0.515 e. The number of aliphatic hydroxyl groups is 1. The second kappa shape index (κ2) is 2.60. The molecule has 1 heterocycles. The van der Waals surface area contributed by atoms with Gasteiger partial charge in [-0.1, -0.05) is 0 Å². The minimum atomic E-state index is -0.494. The van der Waals surface area contributed by atoms with Gasteiger partial charge in [-0.25, -0.2) is 0 Å². The lowest BCUT2D eigenvalue weighted by Gasteiger charge is -2.31. The third-order valence-electron chi connectivity index (χ3n) is 1.39. The summed E-state index contributed by atoms with van der Waals surface area (Å²) < 4.78 is 10.4. The maximum absolute atomic E-state index is 8.54. The van der Waals surface area contributed by atoms with Gasteiger partial charge < -0.3 is 14.6 Å². The zero-order valence-corrected chi connectivity index (χ0v) is 6.26. The molecule has 0 spiro atoms. The highest BCUT2D eigenvalue weighted by atomic mass is 16.7. The van der Waals surface area contributed by atoms with Crippen molar-refractivity contribution in [1.29, 1.82) is 0 Å². The number of ether oxygens (including phenoxy) is 2. The number of rotatable bonds is 0. The van der Waals surface area contributed by atoms with Crippen LogP contribution in [-0.4, -0.2) is 24.1 Å². The van der Waals surface area contributed by atoms with Crippen LogP contribution in [0.1, 0.15) is 13.8 Å². The topological polar surface area (TPSA) is 38.7 Å². The number of hydrogen-bond donors (Lipinski definition) is 1. The molecule has 1 aliphatic rings. The molecule has 1 saturated heterocycles. The fourth-order valence-corrected chi connectivity index (χ4v) is 0.691. The average Bonchev–Trinajstić information content (AvgIpc) is 1.88. The van der Waals surface area contributed by atoms with Gasteiger partial charge in [0.25, 0.3) is 0 Å². The molecule has 3 heteroatoms. The minimum Gasteiger partial charge on any atom is -0.515 e. The van der Waals surface area contributed by atoms with Crippen molar-refractivity contribution >= 4 is 0 Å². The van der Waals surface area contributed by atoms with Gasteiger partial charge in [-0.15, -0.1) is 0 Å². The van der Waals surface area contributed by atoms with Crippen LogP contribution in [0.25, 0.3) is 0 Å². The first-order chi connectivity index (χ1) is 4.64. The Morgan fingerprint density at radius 1 is 1.40 bits per heavy atom. The molecule has 0 aliphatic carbocycles. The molecule has 58 valence electrons. The minimum absolute atomic E-state index is 0.462. The highest BCUT2D eigenvalue weighted by Crippen LogP contribution is 2.18. The molecular formula is C7H12O3. The van der Waals surface area contributed by atoms with Crippen LogP contribution in [0.2, 0.25) is 0 Å². The van der Waals surface area contributed by atoms with Gasteiger partial charge in [0.15, 0.2) is 5.79 Å². The van der Waals surface area contributed by atoms with Crippen LogP contribution in [0.5, 0.6) is 0 Å². The molecule has 10 heavy (non-hydrogen) atoms. The molecule has 0 aromatic carbocycles. The molecule has 1 fully saturated rings. The fourth-order valence-electron chi connectivity index (χ4n) is 0.691. The van der Waals surface area contributed by atoms with Crippen LogP contribution < -0.4 is 0 Å². The molecule has 0 bridgehead atoms. The van der Waals surface area contributed by atoms with Crippen molar-refractivity contribution < 1.29 is 14.6 Å². The van der Waals surface area contributed by atoms with E-state index >= 15 is 0 Å². The Balaban J connectivity index is 2.46.